The van der Waals surface area contributed by atoms with Crippen LogP contribution in [0.4, 0.5) is 5.69 Å². The quantitative estimate of drug-likeness (QED) is 0.301. The zero-order valence-electron chi connectivity index (χ0n) is 16.1. The van der Waals surface area contributed by atoms with Gasteiger partial charge in [-0.2, -0.15) is 0 Å². The van der Waals surface area contributed by atoms with Gasteiger partial charge in [-0.25, -0.2) is 4.79 Å². The molecule has 28 heavy (non-hydrogen) atoms. The van der Waals surface area contributed by atoms with Gasteiger partial charge in [-0.15, -0.1) is 0 Å². The van der Waals surface area contributed by atoms with E-state index in [1.807, 2.05) is 50.2 Å². The number of esters is 1. The highest BCUT2D eigenvalue weighted by atomic mass is 16.5. The SMILES string of the molecule is CCCOc1ccc(C(=O)Oc2ccc(C=Nc3cccc(C)c3)cc2)cc1. The lowest BCUT2D eigenvalue weighted by atomic mass is 10.2. The number of benzene rings is 3. The third kappa shape index (κ3) is 5.55. The minimum Gasteiger partial charge on any atom is -0.494 e. The van der Waals surface area contributed by atoms with E-state index in [1.54, 1.807) is 42.6 Å². The molecule has 0 aliphatic heterocycles. The number of carbonyl (C=O) groups excluding carboxylic acids is 1. The first-order valence-corrected chi connectivity index (χ1v) is 9.30. The summed E-state index contributed by atoms with van der Waals surface area (Å²) in [4.78, 5) is 16.7. The third-order valence-corrected chi connectivity index (χ3v) is 4.02. The van der Waals surface area contributed by atoms with E-state index in [0.29, 0.717) is 17.9 Å². The topological polar surface area (TPSA) is 47.9 Å². The van der Waals surface area contributed by atoms with Gasteiger partial charge in [0.25, 0.3) is 0 Å². The van der Waals surface area contributed by atoms with E-state index in [2.05, 4.69) is 4.99 Å². The van der Waals surface area contributed by atoms with Crippen LogP contribution in [0.25, 0.3) is 0 Å². The molecule has 0 heterocycles. The van der Waals surface area contributed by atoms with E-state index in [-0.39, 0.29) is 0 Å². The van der Waals surface area contributed by atoms with Crippen molar-refractivity contribution in [1.82, 2.24) is 0 Å². The Morgan fingerprint density at radius 1 is 0.964 bits per heavy atom. The molecule has 4 nitrogen and oxygen atoms in total. The molecular weight excluding hydrogens is 350 g/mol. The van der Waals surface area contributed by atoms with Crippen LogP contribution in [0.1, 0.15) is 34.8 Å². The molecule has 0 amide bonds. The van der Waals surface area contributed by atoms with Crippen LogP contribution < -0.4 is 9.47 Å². The Morgan fingerprint density at radius 3 is 2.36 bits per heavy atom. The zero-order chi connectivity index (χ0) is 19.8. The standard InChI is InChI=1S/C24H23NO3/c1-3-15-27-22-13-9-20(10-14-22)24(26)28-23-11-7-19(8-12-23)17-25-21-6-4-5-18(2)16-21/h4-14,16-17H,3,15H2,1-2H3. The van der Waals surface area contributed by atoms with E-state index >= 15 is 0 Å². The van der Waals surface area contributed by atoms with Crippen LogP contribution in [0.5, 0.6) is 11.5 Å². The molecule has 0 spiro atoms. The van der Waals surface area contributed by atoms with E-state index in [9.17, 15) is 4.79 Å². The minimum atomic E-state index is -0.400. The van der Waals surface area contributed by atoms with E-state index in [1.165, 1.54) is 5.56 Å². The van der Waals surface area contributed by atoms with Crippen LogP contribution in [0.15, 0.2) is 77.8 Å². The van der Waals surface area contributed by atoms with Gasteiger partial charge >= 0.3 is 5.97 Å². The van der Waals surface area contributed by atoms with Gasteiger partial charge in [0, 0.05) is 6.21 Å². The average molecular weight is 373 g/mol. The van der Waals surface area contributed by atoms with E-state index in [0.717, 1.165) is 23.4 Å². The number of hydrogen-bond acceptors (Lipinski definition) is 4. The Labute approximate surface area is 165 Å². The molecule has 0 radical (unpaired) electrons. The van der Waals surface area contributed by atoms with Crippen LogP contribution in [0, 0.1) is 6.92 Å². The fourth-order valence-corrected chi connectivity index (χ4v) is 2.55. The van der Waals surface area contributed by atoms with Crippen LogP contribution in [-0.4, -0.2) is 18.8 Å². The second kappa shape index (κ2) is 9.51. The highest BCUT2D eigenvalue weighted by Crippen LogP contribution is 2.17. The lowest BCUT2D eigenvalue weighted by Gasteiger charge is -2.07. The van der Waals surface area contributed by atoms with Gasteiger partial charge in [0.2, 0.25) is 0 Å². The molecular formula is C24H23NO3. The van der Waals surface area contributed by atoms with Crippen molar-refractivity contribution >= 4 is 17.9 Å². The molecule has 0 bridgehead atoms. The largest absolute Gasteiger partial charge is 0.494 e. The number of hydrogen-bond donors (Lipinski definition) is 0. The molecule has 142 valence electrons. The molecule has 3 aromatic carbocycles. The van der Waals surface area contributed by atoms with Gasteiger partial charge in [-0.3, -0.25) is 4.99 Å². The van der Waals surface area contributed by atoms with Gasteiger partial charge in [0.1, 0.15) is 11.5 Å². The lowest BCUT2D eigenvalue weighted by Crippen LogP contribution is -2.08. The van der Waals surface area contributed by atoms with Crippen molar-refractivity contribution in [3.8, 4) is 11.5 Å². The van der Waals surface area contributed by atoms with Crippen LogP contribution in [0.3, 0.4) is 0 Å². The number of carbonyl (C=O) groups is 1. The van der Waals surface area contributed by atoms with Gasteiger partial charge in [0.15, 0.2) is 0 Å². The third-order valence-electron chi connectivity index (χ3n) is 4.02. The summed E-state index contributed by atoms with van der Waals surface area (Å²) in [7, 11) is 0. The summed E-state index contributed by atoms with van der Waals surface area (Å²) in [5.41, 5.74) is 3.48. The van der Waals surface area contributed by atoms with E-state index in [4.69, 9.17) is 9.47 Å². The fraction of sp³-hybridized carbons (Fsp3) is 0.167. The summed E-state index contributed by atoms with van der Waals surface area (Å²) in [6.07, 6.45) is 2.73. The maximum absolute atomic E-state index is 12.3. The normalized spacial score (nSPS) is 10.8. The summed E-state index contributed by atoms with van der Waals surface area (Å²) < 4.78 is 10.9. The van der Waals surface area contributed by atoms with Crippen molar-refractivity contribution in [3.63, 3.8) is 0 Å². The monoisotopic (exact) mass is 373 g/mol. The van der Waals surface area contributed by atoms with Crippen molar-refractivity contribution < 1.29 is 14.3 Å². The zero-order valence-corrected chi connectivity index (χ0v) is 16.1. The van der Waals surface area contributed by atoms with Crippen LogP contribution in [-0.2, 0) is 0 Å². The van der Waals surface area contributed by atoms with Gasteiger partial charge in [-0.05, 0) is 85.1 Å². The Bertz CT molecular complexity index is 944. The molecule has 0 saturated heterocycles. The molecule has 0 N–H and O–H groups in total. The summed E-state index contributed by atoms with van der Waals surface area (Å²) in [6, 6.07) is 22.2. The van der Waals surface area contributed by atoms with Gasteiger partial charge in [-0.1, -0.05) is 19.1 Å². The highest BCUT2D eigenvalue weighted by molar-refractivity contribution is 5.91. The Balaban J connectivity index is 1.59. The molecule has 0 fully saturated rings. The summed E-state index contributed by atoms with van der Waals surface area (Å²) in [5.74, 6) is 0.836. The molecule has 4 heteroatoms. The second-order valence-corrected chi connectivity index (χ2v) is 6.43. The number of nitrogens with zero attached hydrogens (tertiary/aromatic N) is 1. The number of rotatable bonds is 7. The lowest BCUT2D eigenvalue weighted by molar-refractivity contribution is 0.0734. The predicted octanol–water partition coefficient (Wildman–Crippen LogP) is 5.75. The van der Waals surface area contributed by atoms with Crippen molar-refractivity contribution in [3.05, 3.63) is 89.5 Å². The summed E-state index contributed by atoms with van der Waals surface area (Å²) in [5, 5.41) is 0. The average Bonchev–Trinajstić information content (AvgIpc) is 2.72. The first-order chi connectivity index (χ1) is 13.6. The Hall–Kier alpha value is -3.40. The Kier molecular flexibility index (Phi) is 6.58. The number of ether oxygens (including phenoxy) is 2. The summed E-state index contributed by atoms with van der Waals surface area (Å²) >= 11 is 0. The molecule has 0 aromatic heterocycles. The first-order valence-electron chi connectivity index (χ1n) is 9.30. The molecule has 3 rings (SSSR count). The molecule has 0 unspecified atom stereocenters. The molecule has 0 atom stereocenters. The van der Waals surface area contributed by atoms with Crippen LogP contribution in [0.2, 0.25) is 0 Å². The number of aliphatic imine (C=N–C) groups is 1. The van der Waals surface area contributed by atoms with Crippen LogP contribution >= 0.6 is 0 Å². The van der Waals surface area contributed by atoms with Crippen molar-refractivity contribution in [1.29, 1.82) is 0 Å². The van der Waals surface area contributed by atoms with E-state index < -0.39 is 5.97 Å². The molecule has 0 aliphatic rings. The first kappa shape index (κ1) is 19.4. The second-order valence-electron chi connectivity index (χ2n) is 6.43. The van der Waals surface area contributed by atoms with Crippen molar-refractivity contribution in [2.75, 3.05) is 6.61 Å². The molecule has 0 saturated carbocycles. The predicted molar refractivity (Wildman–Crippen MR) is 112 cm³/mol. The molecule has 3 aromatic rings. The highest BCUT2D eigenvalue weighted by Gasteiger charge is 2.08. The van der Waals surface area contributed by atoms with Crippen molar-refractivity contribution in [2.45, 2.75) is 20.3 Å². The maximum Gasteiger partial charge on any atom is 0.343 e. The smallest absolute Gasteiger partial charge is 0.343 e. The van der Waals surface area contributed by atoms with Gasteiger partial charge in [0.05, 0.1) is 17.9 Å². The van der Waals surface area contributed by atoms with Gasteiger partial charge < -0.3 is 9.47 Å². The Morgan fingerprint density at radius 2 is 1.68 bits per heavy atom. The van der Waals surface area contributed by atoms with Crippen molar-refractivity contribution in [2.24, 2.45) is 4.99 Å². The molecule has 0 aliphatic carbocycles. The minimum absolute atomic E-state index is 0.400. The maximum atomic E-state index is 12.3. The summed E-state index contributed by atoms with van der Waals surface area (Å²) in [6.45, 7) is 4.74. The number of aryl methyl sites for hydroxylation is 1. The fourth-order valence-electron chi connectivity index (χ4n) is 2.55.